The Bertz CT molecular complexity index is 680. The lowest BCUT2D eigenvalue weighted by Crippen LogP contribution is -2.52. The van der Waals surface area contributed by atoms with Crippen LogP contribution in [0.15, 0.2) is 4.90 Å². The summed E-state index contributed by atoms with van der Waals surface area (Å²) in [6.07, 6.45) is 1.15. The van der Waals surface area contributed by atoms with Crippen molar-refractivity contribution < 1.29 is 18.3 Å². The van der Waals surface area contributed by atoms with Crippen LogP contribution in [0.4, 0.5) is 0 Å². The quantitative estimate of drug-likeness (QED) is 0.896. The van der Waals surface area contributed by atoms with Crippen molar-refractivity contribution >= 4 is 16.0 Å². The third kappa shape index (κ3) is 2.17. The van der Waals surface area contributed by atoms with Crippen LogP contribution in [0.3, 0.4) is 0 Å². The van der Waals surface area contributed by atoms with Crippen molar-refractivity contribution in [3.05, 3.63) is 11.4 Å². The molecule has 1 aromatic rings. The molecule has 1 unspecified atom stereocenters. The van der Waals surface area contributed by atoms with Gasteiger partial charge in [-0.1, -0.05) is 6.92 Å². The lowest BCUT2D eigenvalue weighted by atomic mass is 9.95. The second-order valence-electron chi connectivity index (χ2n) is 5.49. The maximum absolute atomic E-state index is 13.0. The summed E-state index contributed by atoms with van der Waals surface area (Å²) in [6, 6.07) is 0. The average Bonchev–Trinajstić information content (AvgIpc) is 2.93. The summed E-state index contributed by atoms with van der Waals surface area (Å²) in [5, 5.41) is 13.7. The molecule has 7 nitrogen and oxygen atoms in total. The average molecular weight is 315 g/mol. The van der Waals surface area contributed by atoms with E-state index in [1.165, 1.54) is 4.68 Å². The van der Waals surface area contributed by atoms with Crippen molar-refractivity contribution in [2.24, 2.45) is 7.05 Å². The molecule has 8 heteroatoms. The summed E-state index contributed by atoms with van der Waals surface area (Å²) >= 11 is 0. The van der Waals surface area contributed by atoms with Gasteiger partial charge >= 0.3 is 5.97 Å². The van der Waals surface area contributed by atoms with Crippen LogP contribution in [0.1, 0.15) is 37.6 Å². The molecule has 0 radical (unpaired) electrons. The van der Waals surface area contributed by atoms with Crippen molar-refractivity contribution in [2.45, 2.75) is 50.5 Å². The minimum Gasteiger partial charge on any atom is -0.480 e. The van der Waals surface area contributed by atoms with Crippen LogP contribution < -0.4 is 0 Å². The minimum absolute atomic E-state index is 0.131. The van der Waals surface area contributed by atoms with E-state index in [4.69, 9.17) is 0 Å². The molecule has 1 fully saturated rings. The molecule has 2 rings (SSSR count). The van der Waals surface area contributed by atoms with E-state index in [1.807, 2.05) is 0 Å². The van der Waals surface area contributed by atoms with Crippen molar-refractivity contribution in [3.63, 3.8) is 0 Å². The second-order valence-corrected chi connectivity index (χ2v) is 7.29. The number of carbonyl (C=O) groups is 1. The van der Waals surface area contributed by atoms with Crippen LogP contribution in [0.2, 0.25) is 0 Å². The van der Waals surface area contributed by atoms with Crippen molar-refractivity contribution in [1.82, 2.24) is 14.1 Å². The zero-order valence-corrected chi connectivity index (χ0v) is 13.6. The van der Waals surface area contributed by atoms with Crippen LogP contribution >= 0.6 is 0 Å². The summed E-state index contributed by atoms with van der Waals surface area (Å²) in [7, 11) is -2.20. The number of aryl methyl sites for hydroxylation is 2. The molecule has 21 heavy (non-hydrogen) atoms. The summed E-state index contributed by atoms with van der Waals surface area (Å²) in [5.74, 6) is -1.08. The topological polar surface area (TPSA) is 92.5 Å². The van der Waals surface area contributed by atoms with Gasteiger partial charge in [0.15, 0.2) is 0 Å². The van der Waals surface area contributed by atoms with Gasteiger partial charge in [-0.2, -0.15) is 9.40 Å². The number of carboxylic acid groups (broad SMARTS) is 1. The number of sulfonamides is 1. The molecule has 2 heterocycles. The van der Waals surface area contributed by atoms with Gasteiger partial charge in [-0.3, -0.25) is 9.48 Å². The first kappa shape index (κ1) is 16.0. The Morgan fingerprint density at radius 2 is 2.05 bits per heavy atom. The normalized spacial score (nSPS) is 23.6. The smallest absolute Gasteiger partial charge is 0.325 e. The van der Waals surface area contributed by atoms with E-state index in [0.29, 0.717) is 24.2 Å². The molecule has 1 atom stereocenters. The molecule has 118 valence electrons. The van der Waals surface area contributed by atoms with E-state index < -0.39 is 21.5 Å². The van der Waals surface area contributed by atoms with Crippen molar-refractivity contribution in [3.8, 4) is 0 Å². The second kappa shape index (κ2) is 5.10. The Kier molecular flexibility index (Phi) is 3.88. The number of hydrogen-bond acceptors (Lipinski definition) is 4. The number of hydrogen-bond donors (Lipinski definition) is 1. The van der Waals surface area contributed by atoms with Gasteiger partial charge in [0.25, 0.3) is 0 Å². The van der Waals surface area contributed by atoms with Gasteiger partial charge in [-0.15, -0.1) is 0 Å². The zero-order chi connectivity index (χ0) is 16.0. The monoisotopic (exact) mass is 315 g/mol. The highest BCUT2D eigenvalue weighted by atomic mass is 32.2. The van der Waals surface area contributed by atoms with E-state index in [-0.39, 0.29) is 17.9 Å². The highest BCUT2D eigenvalue weighted by Gasteiger charge is 2.52. The Hall–Kier alpha value is -1.41. The molecular weight excluding hydrogens is 294 g/mol. The van der Waals surface area contributed by atoms with E-state index >= 15 is 0 Å². The standard InChI is InChI=1S/C13H21N3O4S/c1-5-13(12(17)18)7-6-8-16(13)21(19,20)11-9(2)14-15(4)10(11)3/h5-8H2,1-4H3,(H,17,18). The fourth-order valence-corrected chi connectivity index (χ4v) is 5.43. The molecule has 0 bridgehead atoms. The number of aromatic nitrogens is 2. The van der Waals surface area contributed by atoms with Crippen molar-refractivity contribution in [1.29, 1.82) is 0 Å². The number of carboxylic acids is 1. The lowest BCUT2D eigenvalue weighted by Gasteiger charge is -2.32. The molecule has 0 saturated carbocycles. The lowest BCUT2D eigenvalue weighted by molar-refractivity contribution is -0.147. The predicted octanol–water partition coefficient (Wildman–Crippen LogP) is 1.05. The summed E-state index contributed by atoms with van der Waals surface area (Å²) < 4.78 is 28.6. The summed E-state index contributed by atoms with van der Waals surface area (Å²) in [5.41, 5.74) is -0.417. The number of rotatable bonds is 4. The van der Waals surface area contributed by atoms with Gasteiger partial charge < -0.3 is 5.11 Å². The molecule has 0 aliphatic carbocycles. The van der Waals surface area contributed by atoms with Gasteiger partial charge in [-0.25, -0.2) is 8.42 Å². The Morgan fingerprint density at radius 1 is 1.43 bits per heavy atom. The molecule has 1 aliphatic heterocycles. The SMILES string of the molecule is CCC1(C(=O)O)CCCN1S(=O)(=O)c1c(C)nn(C)c1C. The van der Waals surface area contributed by atoms with Crippen LogP contribution in [-0.4, -0.2) is 45.7 Å². The van der Waals surface area contributed by atoms with Gasteiger partial charge in [-0.05, 0) is 33.1 Å². The van der Waals surface area contributed by atoms with E-state index in [9.17, 15) is 18.3 Å². The zero-order valence-electron chi connectivity index (χ0n) is 12.8. The third-order valence-electron chi connectivity index (χ3n) is 4.40. The molecular formula is C13H21N3O4S. The molecule has 0 aromatic carbocycles. The minimum atomic E-state index is -3.87. The Morgan fingerprint density at radius 3 is 2.48 bits per heavy atom. The Labute approximate surface area is 124 Å². The number of nitrogens with zero attached hydrogens (tertiary/aromatic N) is 3. The highest BCUT2D eigenvalue weighted by molar-refractivity contribution is 7.89. The van der Waals surface area contributed by atoms with Crippen LogP contribution in [0, 0.1) is 13.8 Å². The summed E-state index contributed by atoms with van der Waals surface area (Å²) in [6.45, 7) is 5.25. The largest absolute Gasteiger partial charge is 0.480 e. The Balaban J connectivity index is 2.61. The van der Waals surface area contributed by atoms with Crippen LogP contribution in [-0.2, 0) is 21.9 Å². The maximum atomic E-state index is 13.0. The van der Waals surface area contributed by atoms with Gasteiger partial charge in [0.1, 0.15) is 10.4 Å². The predicted molar refractivity (Wildman–Crippen MR) is 76.5 cm³/mol. The molecule has 1 aromatic heterocycles. The number of aliphatic carboxylic acids is 1. The first-order valence-electron chi connectivity index (χ1n) is 6.95. The van der Waals surface area contributed by atoms with Crippen LogP contribution in [0.25, 0.3) is 0 Å². The highest BCUT2D eigenvalue weighted by Crippen LogP contribution is 2.38. The maximum Gasteiger partial charge on any atom is 0.325 e. The first-order chi connectivity index (χ1) is 9.68. The molecule has 1 aliphatic rings. The first-order valence-corrected chi connectivity index (χ1v) is 8.39. The van der Waals surface area contributed by atoms with Gasteiger partial charge in [0.05, 0.1) is 11.4 Å². The van der Waals surface area contributed by atoms with E-state index in [2.05, 4.69) is 5.10 Å². The fraction of sp³-hybridized carbons (Fsp3) is 0.692. The fourth-order valence-electron chi connectivity index (χ4n) is 3.16. The van der Waals surface area contributed by atoms with E-state index in [1.54, 1.807) is 27.8 Å². The summed E-state index contributed by atoms with van der Waals surface area (Å²) in [4.78, 5) is 11.8. The molecule has 0 amide bonds. The van der Waals surface area contributed by atoms with Crippen molar-refractivity contribution in [2.75, 3.05) is 6.54 Å². The third-order valence-corrected chi connectivity index (χ3v) is 6.62. The van der Waals surface area contributed by atoms with Crippen LogP contribution in [0.5, 0.6) is 0 Å². The molecule has 0 spiro atoms. The van der Waals surface area contributed by atoms with E-state index in [0.717, 1.165) is 4.31 Å². The molecule has 1 N–H and O–H groups in total. The van der Waals surface area contributed by atoms with Gasteiger partial charge in [0, 0.05) is 13.6 Å². The molecule has 1 saturated heterocycles. The van der Waals surface area contributed by atoms with Gasteiger partial charge in [0.2, 0.25) is 10.0 Å².